The second-order valence-corrected chi connectivity index (χ2v) is 7.62. The highest BCUT2D eigenvalue weighted by molar-refractivity contribution is 8.14. The topological polar surface area (TPSA) is 41.9 Å². The molecule has 1 amide bonds. The first-order chi connectivity index (χ1) is 12.5. The fraction of sp³-hybridized carbons (Fsp3) is 0.300. The average molecular weight is 389 g/mol. The number of anilines is 1. The number of hydrogen-bond acceptors (Lipinski definition) is 4. The Morgan fingerprint density at radius 1 is 1.31 bits per heavy atom. The van der Waals surface area contributed by atoms with E-state index in [2.05, 4.69) is 4.99 Å². The maximum atomic E-state index is 12.9. The number of benzene rings is 2. The van der Waals surface area contributed by atoms with Crippen molar-refractivity contribution in [2.75, 3.05) is 17.3 Å². The second kappa shape index (κ2) is 8.60. The van der Waals surface area contributed by atoms with Crippen molar-refractivity contribution in [1.82, 2.24) is 0 Å². The van der Waals surface area contributed by atoms with Gasteiger partial charge in [-0.15, -0.1) is 0 Å². The summed E-state index contributed by atoms with van der Waals surface area (Å²) in [7, 11) is 0. The van der Waals surface area contributed by atoms with Crippen LogP contribution in [0.15, 0.2) is 53.5 Å². The van der Waals surface area contributed by atoms with Gasteiger partial charge in [0.05, 0.1) is 24.8 Å². The lowest BCUT2D eigenvalue weighted by atomic mass is 10.2. The number of ether oxygens (including phenoxy) is 1. The van der Waals surface area contributed by atoms with E-state index in [9.17, 15) is 4.79 Å². The van der Waals surface area contributed by atoms with Gasteiger partial charge in [0, 0.05) is 10.8 Å². The molecular weight excluding hydrogens is 368 g/mol. The molecule has 2 aromatic carbocycles. The quantitative estimate of drug-likeness (QED) is 0.728. The number of aryl methyl sites for hydroxylation is 1. The van der Waals surface area contributed by atoms with Crippen molar-refractivity contribution >= 4 is 40.1 Å². The fourth-order valence-electron chi connectivity index (χ4n) is 2.60. The molecule has 6 heteroatoms. The number of amidine groups is 1. The summed E-state index contributed by atoms with van der Waals surface area (Å²) in [5.74, 6) is 1.62. The molecule has 3 rings (SSSR count). The van der Waals surface area contributed by atoms with Gasteiger partial charge < -0.3 is 4.74 Å². The van der Waals surface area contributed by atoms with Crippen molar-refractivity contribution in [2.45, 2.75) is 26.3 Å². The maximum Gasteiger partial charge on any atom is 0.236 e. The molecule has 0 aromatic heterocycles. The first kappa shape index (κ1) is 18.8. The van der Waals surface area contributed by atoms with Crippen molar-refractivity contribution < 1.29 is 9.53 Å². The lowest BCUT2D eigenvalue weighted by Crippen LogP contribution is -2.35. The van der Waals surface area contributed by atoms with Crippen LogP contribution in [0.3, 0.4) is 0 Å². The minimum absolute atomic E-state index is 0.0414. The molecule has 4 nitrogen and oxygen atoms in total. The van der Waals surface area contributed by atoms with E-state index in [0.717, 1.165) is 27.9 Å². The van der Waals surface area contributed by atoms with E-state index < -0.39 is 0 Å². The van der Waals surface area contributed by atoms with E-state index in [1.165, 1.54) is 0 Å². The molecule has 1 heterocycles. The van der Waals surface area contributed by atoms with Gasteiger partial charge in [0.2, 0.25) is 5.91 Å². The minimum atomic E-state index is -0.0414. The Morgan fingerprint density at radius 3 is 2.73 bits per heavy atom. The molecule has 0 fully saturated rings. The lowest BCUT2D eigenvalue weighted by molar-refractivity contribution is -0.118. The van der Waals surface area contributed by atoms with Crippen molar-refractivity contribution in [3.8, 4) is 5.75 Å². The van der Waals surface area contributed by atoms with Crippen LogP contribution in [-0.4, -0.2) is 29.5 Å². The van der Waals surface area contributed by atoms with Gasteiger partial charge in [0.15, 0.2) is 5.17 Å². The van der Waals surface area contributed by atoms with Crippen LogP contribution in [0, 0.1) is 6.92 Å². The monoisotopic (exact) mass is 388 g/mol. The highest BCUT2D eigenvalue weighted by Crippen LogP contribution is 2.27. The molecule has 0 saturated carbocycles. The van der Waals surface area contributed by atoms with E-state index in [1.54, 1.807) is 28.8 Å². The van der Waals surface area contributed by atoms with E-state index in [4.69, 9.17) is 16.3 Å². The molecule has 2 aromatic rings. The number of rotatable bonds is 5. The molecule has 1 aliphatic rings. The standard InChI is InChI=1S/C20H21ClN2O2S/c1-14-4-3-5-18(12-14)25-11-10-19(24)23(20-22-15(2)13-26-20)17-8-6-16(21)7-9-17/h3-9,12,15H,10-11,13H2,1-2H3/t15-/m1/s1. The van der Waals surface area contributed by atoms with Crippen LogP contribution in [0.4, 0.5) is 5.69 Å². The summed E-state index contributed by atoms with van der Waals surface area (Å²) in [5, 5.41) is 1.37. The van der Waals surface area contributed by atoms with Crippen LogP contribution >= 0.6 is 23.4 Å². The second-order valence-electron chi connectivity index (χ2n) is 6.19. The van der Waals surface area contributed by atoms with Crippen LogP contribution in [0.25, 0.3) is 0 Å². The molecule has 0 N–H and O–H groups in total. The van der Waals surface area contributed by atoms with Crippen LogP contribution in [0.2, 0.25) is 5.02 Å². The summed E-state index contributed by atoms with van der Waals surface area (Å²) >= 11 is 7.58. The van der Waals surface area contributed by atoms with E-state index in [0.29, 0.717) is 11.6 Å². The van der Waals surface area contributed by atoms with Gasteiger partial charge in [-0.25, -0.2) is 0 Å². The van der Waals surface area contributed by atoms with Gasteiger partial charge in [0.25, 0.3) is 0 Å². The van der Waals surface area contributed by atoms with Gasteiger partial charge in [-0.05, 0) is 55.8 Å². The van der Waals surface area contributed by atoms with Gasteiger partial charge in [0.1, 0.15) is 5.75 Å². The molecule has 0 bridgehead atoms. The smallest absolute Gasteiger partial charge is 0.236 e. The number of hydrogen-bond donors (Lipinski definition) is 0. The van der Waals surface area contributed by atoms with Crippen LogP contribution < -0.4 is 9.64 Å². The Morgan fingerprint density at radius 2 is 2.08 bits per heavy atom. The van der Waals surface area contributed by atoms with Crippen LogP contribution in [0.1, 0.15) is 18.9 Å². The first-order valence-corrected chi connectivity index (χ1v) is 9.88. The normalized spacial score (nSPS) is 16.3. The third-order valence-corrected chi connectivity index (χ3v) is 5.33. The van der Waals surface area contributed by atoms with Gasteiger partial charge in [-0.3, -0.25) is 14.7 Å². The highest BCUT2D eigenvalue weighted by Gasteiger charge is 2.26. The van der Waals surface area contributed by atoms with Gasteiger partial charge in [-0.2, -0.15) is 0 Å². The van der Waals surface area contributed by atoms with Crippen molar-refractivity contribution in [3.05, 3.63) is 59.1 Å². The molecule has 0 aliphatic carbocycles. The van der Waals surface area contributed by atoms with Gasteiger partial charge >= 0.3 is 0 Å². The number of thioether (sulfide) groups is 1. The number of halogens is 1. The molecule has 136 valence electrons. The largest absolute Gasteiger partial charge is 0.493 e. The summed E-state index contributed by atoms with van der Waals surface area (Å²) in [6.07, 6.45) is 0.268. The number of nitrogens with zero attached hydrogens (tertiary/aromatic N) is 2. The summed E-state index contributed by atoms with van der Waals surface area (Å²) in [6.45, 7) is 4.38. The molecule has 0 unspecified atom stereocenters. The van der Waals surface area contributed by atoms with Crippen molar-refractivity contribution in [3.63, 3.8) is 0 Å². The average Bonchev–Trinajstić information content (AvgIpc) is 3.03. The van der Waals surface area contributed by atoms with Crippen LogP contribution in [-0.2, 0) is 4.79 Å². The lowest BCUT2D eigenvalue weighted by Gasteiger charge is -2.22. The summed E-state index contributed by atoms with van der Waals surface area (Å²) in [5.41, 5.74) is 1.90. The molecule has 1 atom stereocenters. The Bertz CT molecular complexity index is 808. The maximum absolute atomic E-state index is 12.9. The molecule has 0 spiro atoms. The minimum Gasteiger partial charge on any atom is -0.493 e. The van der Waals surface area contributed by atoms with Crippen molar-refractivity contribution in [2.24, 2.45) is 4.99 Å². The van der Waals surface area contributed by atoms with Gasteiger partial charge in [-0.1, -0.05) is 35.5 Å². The van der Waals surface area contributed by atoms with Crippen LogP contribution in [0.5, 0.6) is 5.75 Å². The zero-order valence-electron chi connectivity index (χ0n) is 14.8. The van der Waals surface area contributed by atoms with Crippen molar-refractivity contribution in [1.29, 1.82) is 0 Å². The third-order valence-electron chi connectivity index (χ3n) is 3.88. The zero-order chi connectivity index (χ0) is 18.5. The molecule has 0 radical (unpaired) electrons. The summed E-state index contributed by atoms with van der Waals surface area (Å²) < 4.78 is 5.73. The Hall–Kier alpha value is -1.98. The Labute approximate surface area is 163 Å². The molecule has 1 aliphatic heterocycles. The molecular formula is C20H21ClN2O2S. The Kier molecular flexibility index (Phi) is 6.22. The summed E-state index contributed by atoms with van der Waals surface area (Å²) in [6, 6.07) is 15.3. The number of carbonyl (C=O) groups excluding carboxylic acids is 1. The number of carbonyl (C=O) groups is 1. The summed E-state index contributed by atoms with van der Waals surface area (Å²) in [4.78, 5) is 19.2. The number of aliphatic imine (C=N–C) groups is 1. The predicted octanol–water partition coefficient (Wildman–Crippen LogP) is 4.94. The Balaban J connectivity index is 1.70. The van der Waals surface area contributed by atoms with E-state index in [-0.39, 0.29) is 18.4 Å². The molecule has 26 heavy (non-hydrogen) atoms. The fourth-order valence-corrected chi connectivity index (χ4v) is 3.79. The number of amides is 1. The predicted molar refractivity (Wildman–Crippen MR) is 110 cm³/mol. The van der Waals surface area contributed by atoms with E-state index in [1.807, 2.05) is 50.2 Å². The first-order valence-electron chi connectivity index (χ1n) is 8.51. The third kappa shape index (κ3) is 4.80. The zero-order valence-corrected chi connectivity index (χ0v) is 16.4. The highest BCUT2D eigenvalue weighted by atomic mass is 35.5. The molecule has 0 saturated heterocycles. The SMILES string of the molecule is Cc1cccc(OCCC(=O)N(C2=N[C@H](C)CS2)c2ccc(Cl)cc2)c1. The van der Waals surface area contributed by atoms with E-state index >= 15 is 0 Å².